The molecule has 0 radical (unpaired) electrons. The zero-order valence-electron chi connectivity index (χ0n) is 13.4. The number of benzene rings is 1. The van der Waals surface area contributed by atoms with Crippen molar-refractivity contribution >= 4 is 0 Å². The molecule has 1 heterocycles. The quantitative estimate of drug-likeness (QED) is 0.723. The molecular formula is C17H27NO3. The van der Waals surface area contributed by atoms with Crippen molar-refractivity contribution in [2.75, 3.05) is 33.4 Å². The van der Waals surface area contributed by atoms with Gasteiger partial charge in [0.2, 0.25) is 0 Å². The van der Waals surface area contributed by atoms with E-state index in [-0.39, 0.29) is 0 Å². The van der Waals surface area contributed by atoms with Crippen LogP contribution in [0.1, 0.15) is 26.7 Å². The third kappa shape index (κ3) is 5.21. The van der Waals surface area contributed by atoms with E-state index in [1.807, 2.05) is 24.3 Å². The minimum atomic E-state index is 0.346. The van der Waals surface area contributed by atoms with Crippen LogP contribution < -0.4 is 9.47 Å². The average molecular weight is 293 g/mol. The molecule has 0 spiro atoms. The molecule has 4 nitrogen and oxygen atoms in total. The van der Waals surface area contributed by atoms with E-state index in [4.69, 9.17) is 14.2 Å². The minimum absolute atomic E-state index is 0.346. The van der Waals surface area contributed by atoms with E-state index in [1.165, 1.54) is 0 Å². The normalized spacial score (nSPS) is 23.0. The predicted molar refractivity (Wildman–Crippen MR) is 84.2 cm³/mol. The number of morpholine rings is 1. The third-order valence-corrected chi connectivity index (χ3v) is 3.69. The number of para-hydroxylation sites is 2. The molecular weight excluding hydrogens is 266 g/mol. The summed E-state index contributed by atoms with van der Waals surface area (Å²) in [6.07, 6.45) is 2.89. The summed E-state index contributed by atoms with van der Waals surface area (Å²) in [6, 6.07) is 7.79. The van der Waals surface area contributed by atoms with Gasteiger partial charge in [-0.3, -0.25) is 4.90 Å². The summed E-state index contributed by atoms with van der Waals surface area (Å²) in [4.78, 5) is 2.49. The molecule has 0 saturated carbocycles. The highest BCUT2D eigenvalue weighted by Crippen LogP contribution is 2.25. The van der Waals surface area contributed by atoms with Gasteiger partial charge in [-0.15, -0.1) is 0 Å². The highest BCUT2D eigenvalue weighted by Gasteiger charge is 2.21. The van der Waals surface area contributed by atoms with Crippen LogP contribution in [-0.2, 0) is 4.74 Å². The Labute approximate surface area is 128 Å². The lowest BCUT2D eigenvalue weighted by atomic mass is 10.2. The van der Waals surface area contributed by atoms with Gasteiger partial charge < -0.3 is 14.2 Å². The van der Waals surface area contributed by atoms with Crippen molar-refractivity contribution in [2.24, 2.45) is 0 Å². The van der Waals surface area contributed by atoms with Gasteiger partial charge in [0.15, 0.2) is 11.5 Å². The molecule has 21 heavy (non-hydrogen) atoms. The molecule has 1 saturated heterocycles. The van der Waals surface area contributed by atoms with Crippen molar-refractivity contribution in [3.8, 4) is 11.5 Å². The summed E-state index contributed by atoms with van der Waals surface area (Å²) >= 11 is 0. The smallest absolute Gasteiger partial charge is 0.161 e. The highest BCUT2D eigenvalue weighted by atomic mass is 16.5. The molecule has 0 aliphatic carbocycles. The zero-order chi connectivity index (χ0) is 15.1. The van der Waals surface area contributed by atoms with Gasteiger partial charge in [0.1, 0.15) is 0 Å². The molecule has 0 unspecified atom stereocenters. The Bertz CT molecular complexity index is 414. The topological polar surface area (TPSA) is 30.9 Å². The number of hydrogen-bond donors (Lipinski definition) is 0. The van der Waals surface area contributed by atoms with Crippen LogP contribution >= 0.6 is 0 Å². The molecule has 118 valence electrons. The van der Waals surface area contributed by atoms with Crippen molar-refractivity contribution < 1.29 is 14.2 Å². The Morgan fingerprint density at radius 3 is 2.43 bits per heavy atom. The number of hydrogen-bond acceptors (Lipinski definition) is 4. The summed E-state index contributed by atoms with van der Waals surface area (Å²) in [7, 11) is 1.67. The van der Waals surface area contributed by atoms with E-state index >= 15 is 0 Å². The van der Waals surface area contributed by atoms with Crippen LogP contribution in [0.25, 0.3) is 0 Å². The van der Waals surface area contributed by atoms with Crippen LogP contribution in [0.4, 0.5) is 0 Å². The Hall–Kier alpha value is -1.26. The second-order valence-corrected chi connectivity index (χ2v) is 5.72. The lowest BCUT2D eigenvalue weighted by Crippen LogP contribution is -2.45. The molecule has 1 fully saturated rings. The number of methoxy groups -OCH3 is 1. The van der Waals surface area contributed by atoms with E-state index < -0.39 is 0 Å². The summed E-state index contributed by atoms with van der Waals surface area (Å²) < 4.78 is 16.8. The molecule has 1 aliphatic rings. The number of nitrogens with zero attached hydrogens (tertiary/aromatic N) is 1. The lowest BCUT2D eigenvalue weighted by molar-refractivity contribution is -0.0682. The average Bonchev–Trinajstić information content (AvgIpc) is 2.46. The van der Waals surface area contributed by atoms with Crippen molar-refractivity contribution in [3.05, 3.63) is 24.3 Å². The number of ether oxygens (including phenoxy) is 3. The monoisotopic (exact) mass is 293 g/mol. The van der Waals surface area contributed by atoms with E-state index in [0.29, 0.717) is 12.2 Å². The SMILES string of the molecule is COc1ccccc1OCCCCN1C[C@@H](C)O[C@H](C)C1. The fourth-order valence-electron chi connectivity index (χ4n) is 2.82. The third-order valence-electron chi connectivity index (χ3n) is 3.69. The Morgan fingerprint density at radius 1 is 1.10 bits per heavy atom. The van der Waals surface area contributed by atoms with Gasteiger partial charge in [-0.05, 0) is 45.4 Å². The van der Waals surface area contributed by atoms with Crippen LogP contribution in [0, 0.1) is 0 Å². The van der Waals surface area contributed by atoms with Gasteiger partial charge in [0.25, 0.3) is 0 Å². The summed E-state index contributed by atoms with van der Waals surface area (Å²) in [5.41, 5.74) is 0. The van der Waals surface area contributed by atoms with Crippen LogP contribution in [-0.4, -0.2) is 50.5 Å². The van der Waals surface area contributed by atoms with Crippen molar-refractivity contribution in [1.29, 1.82) is 0 Å². The fourth-order valence-corrected chi connectivity index (χ4v) is 2.82. The van der Waals surface area contributed by atoms with Gasteiger partial charge in [-0.2, -0.15) is 0 Å². The van der Waals surface area contributed by atoms with Gasteiger partial charge >= 0.3 is 0 Å². The van der Waals surface area contributed by atoms with Crippen LogP contribution in [0.3, 0.4) is 0 Å². The van der Waals surface area contributed by atoms with Gasteiger partial charge in [0.05, 0.1) is 25.9 Å². The first-order valence-electron chi connectivity index (χ1n) is 7.82. The maximum Gasteiger partial charge on any atom is 0.161 e. The summed E-state index contributed by atoms with van der Waals surface area (Å²) in [5.74, 6) is 1.63. The Morgan fingerprint density at radius 2 is 1.76 bits per heavy atom. The van der Waals surface area contributed by atoms with Crippen molar-refractivity contribution in [1.82, 2.24) is 4.90 Å². The predicted octanol–water partition coefficient (Wildman–Crippen LogP) is 2.96. The molecule has 4 heteroatoms. The molecule has 1 aromatic rings. The summed E-state index contributed by atoms with van der Waals surface area (Å²) in [5, 5.41) is 0. The van der Waals surface area contributed by atoms with Gasteiger partial charge in [-0.1, -0.05) is 12.1 Å². The van der Waals surface area contributed by atoms with E-state index in [0.717, 1.165) is 50.6 Å². The second kappa shape index (κ2) is 8.25. The fraction of sp³-hybridized carbons (Fsp3) is 0.647. The molecule has 2 atom stereocenters. The lowest BCUT2D eigenvalue weighted by Gasteiger charge is -2.35. The standard InChI is InChI=1S/C17H27NO3/c1-14-12-18(13-15(2)21-14)10-6-7-11-20-17-9-5-4-8-16(17)19-3/h4-5,8-9,14-15H,6-7,10-13H2,1-3H3/t14-,15-/m1/s1. The number of rotatable bonds is 7. The van der Waals surface area contributed by atoms with Gasteiger partial charge in [0, 0.05) is 13.1 Å². The molecule has 0 amide bonds. The zero-order valence-corrected chi connectivity index (χ0v) is 13.4. The van der Waals surface area contributed by atoms with Crippen LogP contribution in [0.15, 0.2) is 24.3 Å². The minimum Gasteiger partial charge on any atom is -0.493 e. The second-order valence-electron chi connectivity index (χ2n) is 5.72. The highest BCUT2D eigenvalue weighted by molar-refractivity contribution is 5.39. The van der Waals surface area contributed by atoms with Crippen molar-refractivity contribution in [2.45, 2.75) is 38.9 Å². The van der Waals surface area contributed by atoms with E-state index in [9.17, 15) is 0 Å². The maximum absolute atomic E-state index is 5.79. The first-order valence-corrected chi connectivity index (χ1v) is 7.82. The Kier molecular flexibility index (Phi) is 6.33. The first-order chi connectivity index (χ1) is 10.2. The van der Waals surface area contributed by atoms with Gasteiger partial charge in [-0.25, -0.2) is 0 Å². The molecule has 2 rings (SSSR count). The van der Waals surface area contributed by atoms with E-state index in [1.54, 1.807) is 7.11 Å². The van der Waals surface area contributed by atoms with Crippen molar-refractivity contribution in [3.63, 3.8) is 0 Å². The number of unbranched alkanes of at least 4 members (excludes halogenated alkanes) is 1. The Balaban J connectivity index is 1.64. The molecule has 1 aliphatic heterocycles. The molecule has 0 N–H and O–H groups in total. The molecule has 1 aromatic carbocycles. The van der Waals surface area contributed by atoms with Crippen LogP contribution in [0.5, 0.6) is 11.5 Å². The maximum atomic E-state index is 5.79. The van der Waals surface area contributed by atoms with Crippen LogP contribution in [0.2, 0.25) is 0 Å². The first kappa shape index (κ1) is 16.1. The van der Waals surface area contributed by atoms with E-state index in [2.05, 4.69) is 18.7 Å². The largest absolute Gasteiger partial charge is 0.493 e. The molecule has 0 aromatic heterocycles. The molecule has 0 bridgehead atoms. The summed E-state index contributed by atoms with van der Waals surface area (Å²) in [6.45, 7) is 8.22.